The van der Waals surface area contributed by atoms with Crippen LogP contribution in [0.3, 0.4) is 0 Å². The van der Waals surface area contributed by atoms with Crippen LogP contribution in [-0.2, 0) is 9.53 Å². The summed E-state index contributed by atoms with van der Waals surface area (Å²) in [6.45, 7) is 3.25. The number of hydrogen-bond acceptors (Lipinski definition) is 6. The van der Waals surface area contributed by atoms with Crippen LogP contribution in [0, 0.1) is 5.41 Å². The molecule has 5 rings (SSSR count). The minimum Gasteiger partial charge on any atom is -0.381 e. The van der Waals surface area contributed by atoms with Crippen molar-refractivity contribution in [3.05, 3.63) is 90.4 Å². The molecule has 7 nitrogen and oxygen atoms in total. The fraction of sp³-hybridized carbons (Fsp3) is 0.269. The zero-order valence-electron chi connectivity index (χ0n) is 18.3. The van der Waals surface area contributed by atoms with Crippen molar-refractivity contribution in [1.82, 2.24) is 10.3 Å². The van der Waals surface area contributed by atoms with Crippen molar-refractivity contribution < 1.29 is 14.3 Å². The summed E-state index contributed by atoms with van der Waals surface area (Å²) in [6, 6.07) is 12.5. The van der Waals surface area contributed by atoms with Gasteiger partial charge in [0.25, 0.3) is 11.8 Å². The number of rotatable bonds is 4. The second-order valence-electron chi connectivity index (χ2n) is 8.61. The number of hydrogen-bond donors (Lipinski definition) is 1. The predicted octanol–water partition coefficient (Wildman–Crippen LogP) is 3.43. The first-order valence-corrected chi connectivity index (χ1v) is 11.2. The molecule has 0 saturated carbocycles. The highest BCUT2D eigenvalue weighted by Crippen LogP contribution is 2.42. The van der Waals surface area contributed by atoms with E-state index in [0.717, 1.165) is 39.1 Å². The number of aromatic nitrogens is 1. The molecule has 3 aliphatic rings. The van der Waals surface area contributed by atoms with Gasteiger partial charge in [0.15, 0.2) is 0 Å². The Morgan fingerprint density at radius 2 is 1.79 bits per heavy atom. The lowest BCUT2D eigenvalue weighted by molar-refractivity contribution is -0.114. The molecule has 0 radical (unpaired) electrons. The van der Waals surface area contributed by atoms with Crippen LogP contribution in [0.1, 0.15) is 23.2 Å². The van der Waals surface area contributed by atoms with E-state index in [4.69, 9.17) is 4.74 Å². The predicted molar refractivity (Wildman–Crippen MR) is 127 cm³/mol. The first-order chi connectivity index (χ1) is 16.2. The van der Waals surface area contributed by atoms with Gasteiger partial charge in [-0.15, -0.1) is 0 Å². The molecular formula is C26H26N4O3. The number of anilines is 2. The van der Waals surface area contributed by atoms with Crippen LogP contribution in [0.15, 0.2) is 84.9 Å². The number of carbonyl (C=O) groups excluding carboxylic acids is 2. The Balaban J connectivity index is 1.47. The van der Waals surface area contributed by atoms with Gasteiger partial charge in [-0.05, 0) is 49.3 Å². The van der Waals surface area contributed by atoms with Gasteiger partial charge >= 0.3 is 0 Å². The quantitative estimate of drug-likeness (QED) is 0.732. The first-order valence-electron chi connectivity index (χ1n) is 11.2. The smallest absolute Gasteiger partial charge is 0.269 e. The zero-order valence-corrected chi connectivity index (χ0v) is 18.3. The highest BCUT2D eigenvalue weighted by molar-refractivity contribution is 6.27. The maximum absolute atomic E-state index is 13.9. The minimum atomic E-state index is -0.405. The van der Waals surface area contributed by atoms with Gasteiger partial charge in [0.1, 0.15) is 5.82 Å². The van der Waals surface area contributed by atoms with Crippen LogP contribution >= 0.6 is 0 Å². The van der Waals surface area contributed by atoms with Gasteiger partial charge in [0, 0.05) is 50.3 Å². The fourth-order valence-corrected chi connectivity index (χ4v) is 4.59. The van der Waals surface area contributed by atoms with Gasteiger partial charge in [-0.3, -0.25) is 9.59 Å². The number of nitrogens with zero attached hydrogens (tertiary/aromatic N) is 3. The molecular weight excluding hydrogens is 416 g/mol. The molecule has 2 aromatic rings. The monoisotopic (exact) mass is 442 g/mol. The second kappa shape index (κ2) is 9.03. The molecule has 1 spiro atoms. The van der Waals surface area contributed by atoms with E-state index in [2.05, 4.69) is 15.2 Å². The molecule has 1 aromatic heterocycles. The Morgan fingerprint density at radius 1 is 1.00 bits per heavy atom. The number of allylic oxidation sites excluding steroid dienone is 2. The molecule has 0 atom stereocenters. The number of amides is 2. The third-order valence-corrected chi connectivity index (χ3v) is 6.41. The molecule has 4 heterocycles. The molecule has 1 N–H and O–H groups in total. The first kappa shape index (κ1) is 21.2. The molecule has 0 aliphatic carbocycles. The van der Waals surface area contributed by atoms with Crippen LogP contribution in [0.4, 0.5) is 11.5 Å². The van der Waals surface area contributed by atoms with Crippen molar-refractivity contribution >= 4 is 23.3 Å². The van der Waals surface area contributed by atoms with E-state index < -0.39 is 11.8 Å². The average Bonchev–Trinajstić information content (AvgIpc) is 3.13. The summed E-state index contributed by atoms with van der Waals surface area (Å²) in [5.74, 6) is -0.176. The van der Waals surface area contributed by atoms with Crippen LogP contribution in [0.25, 0.3) is 0 Å². The van der Waals surface area contributed by atoms with Crippen molar-refractivity contribution in [3.8, 4) is 0 Å². The Morgan fingerprint density at radius 3 is 2.58 bits per heavy atom. The molecule has 2 fully saturated rings. The molecule has 2 saturated heterocycles. The number of pyridine rings is 1. The van der Waals surface area contributed by atoms with Gasteiger partial charge in [-0.2, -0.15) is 0 Å². The normalized spacial score (nSPS) is 18.7. The number of imide groups is 1. The summed E-state index contributed by atoms with van der Waals surface area (Å²) < 4.78 is 5.52. The van der Waals surface area contributed by atoms with Crippen LogP contribution in [-0.4, -0.2) is 43.1 Å². The van der Waals surface area contributed by atoms with E-state index in [1.54, 1.807) is 61.1 Å². The molecule has 7 heteroatoms. The number of ether oxygens (including phenoxy) is 1. The SMILES string of the molecule is O=C(C1=CNC=CC=C1)N(C(=O)c1cccnc1N1CC2(CCOCC2)C1)c1ccccc1. The number of nitrogens with one attached hydrogen (secondary N) is 1. The van der Waals surface area contributed by atoms with Crippen molar-refractivity contribution in [2.75, 3.05) is 36.1 Å². The van der Waals surface area contributed by atoms with E-state index in [-0.39, 0.29) is 5.41 Å². The third kappa shape index (κ3) is 4.19. The molecule has 33 heavy (non-hydrogen) atoms. The van der Waals surface area contributed by atoms with E-state index in [0.29, 0.717) is 22.6 Å². The van der Waals surface area contributed by atoms with E-state index in [9.17, 15) is 9.59 Å². The van der Waals surface area contributed by atoms with Gasteiger partial charge < -0.3 is 15.0 Å². The van der Waals surface area contributed by atoms with Crippen LogP contribution in [0.2, 0.25) is 0 Å². The lowest BCUT2D eigenvalue weighted by atomic mass is 9.73. The van der Waals surface area contributed by atoms with Gasteiger partial charge in [-0.1, -0.05) is 24.3 Å². The van der Waals surface area contributed by atoms with Gasteiger partial charge in [0.2, 0.25) is 0 Å². The largest absolute Gasteiger partial charge is 0.381 e. The lowest BCUT2D eigenvalue weighted by Crippen LogP contribution is -2.59. The fourth-order valence-electron chi connectivity index (χ4n) is 4.59. The Labute approximate surface area is 193 Å². The second-order valence-corrected chi connectivity index (χ2v) is 8.61. The maximum Gasteiger partial charge on any atom is 0.269 e. The van der Waals surface area contributed by atoms with Gasteiger partial charge in [0.05, 0.1) is 16.8 Å². The van der Waals surface area contributed by atoms with Crippen LogP contribution < -0.4 is 15.1 Å². The Bertz CT molecular complexity index is 1130. The Kier molecular flexibility index (Phi) is 5.79. The molecule has 0 bridgehead atoms. The highest BCUT2D eigenvalue weighted by Gasteiger charge is 2.45. The molecule has 1 aromatic carbocycles. The molecule has 2 amide bonds. The molecule has 168 valence electrons. The summed E-state index contributed by atoms with van der Waals surface area (Å²) >= 11 is 0. The van der Waals surface area contributed by atoms with Crippen molar-refractivity contribution in [1.29, 1.82) is 0 Å². The summed E-state index contributed by atoms with van der Waals surface area (Å²) in [5.41, 5.74) is 1.55. The lowest BCUT2D eigenvalue weighted by Gasteiger charge is -2.53. The van der Waals surface area contributed by atoms with E-state index >= 15 is 0 Å². The molecule has 0 unspecified atom stereocenters. The van der Waals surface area contributed by atoms with Crippen molar-refractivity contribution in [3.63, 3.8) is 0 Å². The number of benzene rings is 1. The minimum absolute atomic E-state index is 0.236. The highest BCUT2D eigenvalue weighted by atomic mass is 16.5. The summed E-state index contributed by atoms with van der Waals surface area (Å²) in [6.07, 6.45) is 12.3. The van der Waals surface area contributed by atoms with E-state index in [1.165, 1.54) is 4.90 Å². The maximum atomic E-state index is 13.9. The molecule has 3 aliphatic heterocycles. The van der Waals surface area contributed by atoms with Crippen molar-refractivity contribution in [2.24, 2.45) is 5.41 Å². The number of carbonyl (C=O) groups is 2. The third-order valence-electron chi connectivity index (χ3n) is 6.41. The van der Waals surface area contributed by atoms with Crippen LogP contribution in [0.5, 0.6) is 0 Å². The number of para-hydroxylation sites is 1. The summed E-state index contributed by atoms with van der Waals surface area (Å²) in [4.78, 5) is 35.3. The topological polar surface area (TPSA) is 74.8 Å². The summed E-state index contributed by atoms with van der Waals surface area (Å²) in [5, 5.41) is 2.95. The average molecular weight is 443 g/mol. The summed E-state index contributed by atoms with van der Waals surface area (Å²) in [7, 11) is 0. The van der Waals surface area contributed by atoms with E-state index in [1.807, 2.05) is 18.2 Å². The standard InChI is InChI=1S/C26H26N4O3/c31-24(20-7-4-5-13-27-17-20)30(21-8-2-1-3-9-21)25(32)22-10-6-14-28-23(22)29-18-26(19-29)11-15-33-16-12-26/h1-10,13-14,17,27H,11-12,15-16,18-19H2. The van der Waals surface area contributed by atoms with Crippen molar-refractivity contribution in [2.45, 2.75) is 12.8 Å². The zero-order chi connectivity index (χ0) is 22.7. The Hall–Kier alpha value is -3.71. The van der Waals surface area contributed by atoms with Gasteiger partial charge in [-0.25, -0.2) is 9.88 Å².